The van der Waals surface area contributed by atoms with Gasteiger partial charge in [0.25, 0.3) is 11.8 Å². The van der Waals surface area contributed by atoms with E-state index in [1.54, 1.807) is 24.3 Å². The van der Waals surface area contributed by atoms with Gasteiger partial charge in [-0.2, -0.15) is 0 Å². The van der Waals surface area contributed by atoms with Crippen LogP contribution in [0.4, 0.5) is 5.69 Å². The Hall–Kier alpha value is -2.68. The monoisotopic (exact) mass is 630 g/mol. The highest BCUT2D eigenvalue weighted by Gasteiger charge is 2.76. The maximum absolute atomic E-state index is 14.0. The van der Waals surface area contributed by atoms with E-state index in [2.05, 4.69) is 15.9 Å². The average molecular weight is 632 g/mol. The second-order valence-electron chi connectivity index (χ2n) is 10.6. The van der Waals surface area contributed by atoms with E-state index in [4.69, 9.17) is 23.2 Å². The highest BCUT2D eigenvalue weighted by atomic mass is 79.9. The van der Waals surface area contributed by atoms with Gasteiger partial charge in [-0.1, -0.05) is 58.8 Å². The van der Waals surface area contributed by atoms with Gasteiger partial charge in [0.1, 0.15) is 5.75 Å². The zero-order chi connectivity index (χ0) is 27.9. The molecular formula is C29H25BrCl2N2O5. The second kappa shape index (κ2) is 9.18. The number of likely N-dealkylation sites (tertiary alicyclic amines) is 1. The molecule has 6 unspecified atom stereocenters. The van der Waals surface area contributed by atoms with Gasteiger partial charge in [0.2, 0.25) is 11.8 Å². The summed E-state index contributed by atoms with van der Waals surface area (Å²) in [6.45, 7) is 2.03. The number of anilines is 1. The Morgan fingerprint density at radius 2 is 1.72 bits per heavy atom. The molecule has 2 aliphatic heterocycles. The van der Waals surface area contributed by atoms with E-state index in [-0.39, 0.29) is 35.9 Å². The van der Waals surface area contributed by atoms with Crippen molar-refractivity contribution in [2.45, 2.75) is 41.9 Å². The summed E-state index contributed by atoms with van der Waals surface area (Å²) in [4.78, 5) is 53.5. The van der Waals surface area contributed by atoms with Gasteiger partial charge in [0, 0.05) is 5.92 Å². The Morgan fingerprint density at radius 1 is 1.00 bits per heavy atom. The predicted molar refractivity (Wildman–Crippen MR) is 150 cm³/mol. The molecule has 0 radical (unpaired) electrons. The maximum atomic E-state index is 14.0. The Balaban J connectivity index is 1.49. The van der Waals surface area contributed by atoms with E-state index in [0.29, 0.717) is 16.8 Å². The smallest absolute Gasteiger partial charge is 0.254 e. The zero-order valence-corrected chi connectivity index (χ0v) is 24.0. The number of amides is 4. The van der Waals surface area contributed by atoms with E-state index >= 15 is 0 Å². The Labute approximate surface area is 243 Å². The lowest BCUT2D eigenvalue weighted by Gasteiger charge is -2.50. The van der Waals surface area contributed by atoms with Crippen LogP contribution in [0.5, 0.6) is 5.75 Å². The number of benzene rings is 2. The molecule has 1 N–H and O–H groups in total. The molecule has 2 aromatic carbocycles. The summed E-state index contributed by atoms with van der Waals surface area (Å²) < 4.78 is 0. The molecule has 1 saturated carbocycles. The number of aromatic hydroxyl groups is 1. The van der Waals surface area contributed by atoms with Gasteiger partial charge >= 0.3 is 0 Å². The van der Waals surface area contributed by atoms with Gasteiger partial charge in [-0.25, -0.2) is 0 Å². The van der Waals surface area contributed by atoms with Crippen LogP contribution in [0.15, 0.2) is 60.2 Å². The number of rotatable bonds is 4. The van der Waals surface area contributed by atoms with E-state index in [1.807, 2.05) is 25.1 Å². The van der Waals surface area contributed by atoms with Gasteiger partial charge in [0.05, 0.1) is 23.0 Å². The van der Waals surface area contributed by atoms with Crippen molar-refractivity contribution in [3.8, 4) is 5.75 Å². The van der Waals surface area contributed by atoms with Crippen LogP contribution < -0.4 is 4.90 Å². The van der Waals surface area contributed by atoms with Gasteiger partial charge in [-0.3, -0.25) is 29.0 Å². The number of carbonyl (C=O) groups excluding carboxylic acids is 4. The van der Waals surface area contributed by atoms with Crippen molar-refractivity contribution in [3.63, 3.8) is 0 Å². The number of allylic oxidation sites excluding steroid dienone is 2. The van der Waals surface area contributed by atoms with Crippen LogP contribution in [0.1, 0.15) is 36.8 Å². The molecule has 0 aromatic heterocycles. The van der Waals surface area contributed by atoms with E-state index in [9.17, 15) is 24.3 Å². The van der Waals surface area contributed by atoms with Gasteiger partial charge in [0.15, 0.2) is 9.75 Å². The molecule has 7 nitrogen and oxygen atoms in total. The topological polar surface area (TPSA) is 95.0 Å². The molecule has 2 saturated heterocycles. The molecule has 202 valence electrons. The quantitative estimate of drug-likeness (QED) is 0.225. The average Bonchev–Trinajstić information content (AvgIpc) is 3.26. The lowest BCUT2D eigenvalue weighted by Crippen LogP contribution is -2.60. The number of phenolic OH excluding ortho intramolecular Hbond substituents is 1. The van der Waals surface area contributed by atoms with Crippen molar-refractivity contribution in [1.82, 2.24) is 4.90 Å². The lowest BCUT2D eigenvalue weighted by molar-refractivity contribution is -0.138. The SMILES string of the molecule is CCc1ccc(N2C(=O)C3CC=C4C(CC5(Cl)C(=O)N(CBr)C(=O)C5(Cl)C4c4cccc(O)c4)C3C2=O)cc1. The van der Waals surface area contributed by atoms with Crippen molar-refractivity contribution in [2.75, 3.05) is 10.4 Å². The minimum Gasteiger partial charge on any atom is -0.508 e. The van der Waals surface area contributed by atoms with Crippen molar-refractivity contribution in [3.05, 3.63) is 71.3 Å². The van der Waals surface area contributed by atoms with Crippen molar-refractivity contribution in [1.29, 1.82) is 0 Å². The minimum atomic E-state index is -1.89. The number of hydrogen-bond donors (Lipinski definition) is 1. The summed E-state index contributed by atoms with van der Waals surface area (Å²) in [6, 6.07) is 13.7. The zero-order valence-electron chi connectivity index (χ0n) is 20.9. The first-order valence-corrected chi connectivity index (χ1v) is 14.7. The molecule has 0 bridgehead atoms. The molecule has 0 spiro atoms. The number of alkyl halides is 3. The molecule has 4 aliphatic rings. The summed E-state index contributed by atoms with van der Waals surface area (Å²) in [5, 5.41) is 10.3. The van der Waals surface area contributed by atoms with Crippen LogP contribution in [0.3, 0.4) is 0 Å². The number of imide groups is 2. The first-order chi connectivity index (χ1) is 18.6. The van der Waals surface area contributed by atoms with Crippen LogP contribution in [-0.2, 0) is 25.6 Å². The molecule has 39 heavy (non-hydrogen) atoms. The minimum absolute atomic E-state index is 0.0349. The summed E-state index contributed by atoms with van der Waals surface area (Å²) in [7, 11) is 0. The fourth-order valence-corrected chi connectivity index (χ4v) is 8.39. The van der Waals surface area contributed by atoms with Crippen molar-refractivity contribution < 1.29 is 24.3 Å². The van der Waals surface area contributed by atoms with Gasteiger partial charge in [-0.05, 0) is 60.6 Å². The summed E-state index contributed by atoms with van der Waals surface area (Å²) >= 11 is 17.6. The first kappa shape index (κ1) is 26.5. The third-order valence-corrected chi connectivity index (χ3v) is 10.7. The van der Waals surface area contributed by atoms with E-state index < -0.39 is 45.2 Å². The molecule has 10 heteroatoms. The molecule has 6 atom stereocenters. The van der Waals surface area contributed by atoms with Crippen LogP contribution in [0.2, 0.25) is 0 Å². The summed E-state index contributed by atoms with van der Waals surface area (Å²) in [6.07, 6.45) is 2.92. The Bertz CT molecular complexity index is 1460. The number of hydrogen-bond acceptors (Lipinski definition) is 5. The molecule has 6 rings (SSSR count). The van der Waals surface area contributed by atoms with Crippen molar-refractivity contribution >= 4 is 68.4 Å². The van der Waals surface area contributed by atoms with Gasteiger partial charge < -0.3 is 5.11 Å². The number of halogens is 3. The van der Waals surface area contributed by atoms with E-state index in [0.717, 1.165) is 16.9 Å². The number of phenols is 1. The molecular weight excluding hydrogens is 607 g/mol. The number of fused-ring (bicyclic) bond motifs is 4. The van der Waals surface area contributed by atoms with E-state index in [1.165, 1.54) is 17.0 Å². The molecule has 2 heterocycles. The van der Waals surface area contributed by atoms with Crippen LogP contribution >= 0.6 is 39.1 Å². The van der Waals surface area contributed by atoms with Crippen LogP contribution in [0, 0.1) is 17.8 Å². The summed E-state index contributed by atoms with van der Waals surface area (Å²) in [5.41, 5.74) is 2.70. The van der Waals surface area contributed by atoms with Crippen LogP contribution in [0.25, 0.3) is 0 Å². The van der Waals surface area contributed by atoms with Crippen LogP contribution in [-0.4, -0.2) is 48.8 Å². The predicted octanol–water partition coefficient (Wildman–Crippen LogP) is 4.87. The summed E-state index contributed by atoms with van der Waals surface area (Å²) in [5.74, 6) is -4.85. The second-order valence-corrected chi connectivity index (χ2v) is 12.4. The lowest BCUT2D eigenvalue weighted by atomic mass is 9.56. The third kappa shape index (κ3) is 3.47. The third-order valence-electron chi connectivity index (χ3n) is 8.82. The Kier molecular flexibility index (Phi) is 6.25. The number of nitrogens with zero attached hydrogens (tertiary/aromatic N) is 2. The molecule has 2 aliphatic carbocycles. The number of aryl methyl sites for hydroxylation is 1. The fraction of sp³-hybridized carbons (Fsp3) is 0.379. The highest BCUT2D eigenvalue weighted by molar-refractivity contribution is 9.09. The number of carbonyl (C=O) groups is 4. The first-order valence-electron chi connectivity index (χ1n) is 12.8. The van der Waals surface area contributed by atoms with Crippen molar-refractivity contribution in [2.24, 2.45) is 17.8 Å². The highest BCUT2D eigenvalue weighted by Crippen LogP contribution is 2.65. The normalized spacial score (nSPS) is 33.7. The largest absolute Gasteiger partial charge is 0.508 e. The molecule has 4 amide bonds. The maximum Gasteiger partial charge on any atom is 0.254 e. The Morgan fingerprint density at radius 3 is 2.36 bits per heavy atom. The standard InChI is InChI=1S/C29H25BrCl2N2O5/c1-2-15-6-8-17(9-7-15)34-24(36)20-11-10-19-21(22(20)25(34)37)13-28(31)26(38)33(14-30)27(39)29(28,32)23(19)16-4-3-5-18(35)12-16/h3-10,12,20-23,35H,2,11,13-14H2,1H3. The fourth-order valence-electron chi connectivity index (χ4n) is 6.97. The molecule has 2 aromatic rings. The molecule has 3 fully saturated rings. The van der Waals surface area contributed by atoms with Gasteiger partial charge in [-0.15, -0.1) is 23.2 Å².